The van der Waals surface area contributed by atoms with Crippen molar-refractivity contribution in [1.82, 2.24) is 53.6 Å². The largest absolute Gasteiger partial charge is 0.490 e. The fourth-order valence-electron chi connectivity index (χ4n) is 8.73. The van der Waals surface area contributed by atoms with Gasteiger partial charge >= 0.3 is 36.9 Å². The van der Waals surface area contributed by atoms with Crippen LogP contribution in [-0.4, -0.2) is 174 Å². The van der Waals surface area contributed by atoms with Crippen molar-refractivity contribution in [3.05, 3.63) is 46.0 Å². The van der Waals surface area contributed by atoms with E-state index in [0.717, 1.165) is 28.1 Å². The molecule has 0 amide bonds. The van der Waals surface area contributed by atoms with Crippen LogP contribution in [-0.2, 0) is 71.0 Å². The van der Waals surface area contributed by atoms with Crippen LogP contribution in [0.4, 0.5) is 17.7 Å². The van der Waals surface area contributed by atoms with Gasteiger partial charge in [0.05, 0.1) is 46.1 Å². The van der Waals surface area contributed by atoms with Crippen LogP contribution in [0.5, 0.6) is 0 Å². The lowest BCUT2D eigenvalue weighted by molar-refractivity contribution is -0.745. The second-order valence-electron chi connectivity index (χ2n) is 17.0. The predicted octanol–water partition coefficient (Wildman–Crippen LogP) is -4.96. The normalized spacial score (nSPS) is 32.0. The first-order valence-corrected chi connectivity index (χ1v) is 27.2. The third-order valence-corrected chi connectivity index (χ3v) is 17.2. The van der Waals surface area contributed by atoms with Crippen LogP contribution in [0, 0.1) is 0 Å². The Bertz CT molecular complexity index is 3540. The number of aliphatic hydroxyl groups excluding tert-OH is 4. The van der Waals surface area contributed by atoms with Crippen LogP contribution in [0.1, 0.15) is 18.7 Å². The molecule has 4 fully saturated rings. The van der Waals surface area contributed by atoms with E-state index in [9.17, 15) is 67.8 Å². The minimum absolute atomic E-state index is 0.0230. The number of aromatic amines is 2. The molecule has 10 rings (SSSR count). The summed E-state index contributed by atoms with van der Waals surface area (Å²) in [7, 11) is -22.0. The summed E-state index contributed by atoms with van der Waals surface area (Å²) in [5.74, 6) is -0.703. The monoisotopic (exact) mass is 1140 g/mol. The number of anilines is 3. The highest BCUT2D eigenvalue weighted by Gasteiger charge is 2.66. The summed E-state index contributed by atoms with van der Waals surface area (Å²) in [5, 5.41) is 43.2. The molecule has 43 heteroatoms. The molecule has 4 unspecified atom stereocenters. The Hall–Kier alpha value is -5.15. The molecule has 4 saturated heterocycles. The number of aromatic nitrogens is 12. The number of aliphatic hydroxyl groups is 4. The first kappa shape index (κ1) is 53.3. The van der Waals surface area contributed by atoms with Gasteiger partial charge in [0.15, 0.2) is 41.4 Å². The smallest absolute Gasteiger partial charge is 0.387 e. The van der Waals surface area contributed by atoms with E-state index in [1.54, 1.807) is 0 Å². The molecule has 0 radical (unpaired) electrons. The fourth-order valence-corrected chi connectivity index (χ4v) is 13.3. The van der Waals surface area contributed by atoms with Gasteiger partial charge < -0.3 is 76.1 Å². The summed E-state index contributed by atoms with van der Waals surface area (Å²) in [5.41, 5.74) is 13.2. The van der Waals surface area contributed by atoms with E-state index >= 15 is 0 Å². The maximum atomic E-state index is 13.7. The molecule has 0 spiro atoms. The van der Waals surface area contributed by atoms with Gasteiger partial charge in [0.1, 0.15) is 66.3 Å². The van der Waals surface area contributed by atoms with E-state index < -0.39 is 142 Å². The van der Waals surface area contributed by atoms with Crippen molar-refractivity contribution in [2.24, 2.45) is 7.05 Å². The molecule has 75 heavy (non-hydrogen) atoms. The Kier molecular flexibility index (Phi) is 13.6. The fraction of sp³-hybridized carbons (Fsp3) is 0.531. The second-order valence-corrected chi connectivity index (χ2v) is 23.0. The van der Waals surface area contributed by atoms with E-state index in [1.165, 1.54) is 22.5 Å². The molecule has 408 valence electrons. The van der Waals surface area contributed by atoms with E-state index in [-0.39, 0.29) is 51.2 Å². The van der Waals surface area contributed by atoms with E-state index in [0.29, 0.717) is 0 Å². The van der Waals surface area contributed by atoms with Crippen molar-refractivity contribution < 1.29 is 108 Å². The molecular formula is C32H42N15O24P4+. The number of nitrogens with one attached hydrogen (secondary N) is 2. The number of H-pyrrole nitrogens is 2. The number of phosphoric ester groups is 3. The predicted molar refractivity (Wildman–Crippen MR) is 237 cm³/mol. The average Bonchev–Trinajstić information content (AvgIpc) is 4.23. The van der Waals surface area contributed by atoms with E-state index in [2.05, 4.69) is 48.5 Å². The Labute approximate surface area is 413 Å². The molecule has 4 aliphatic heterocycles. The topological polar surface area (TPSA) is 562 Å². The third kappa shape index (κ3) is 9.95. The van der Waals surface area contributed by atoms with Gasteiger partial charge in [-0.05, 0) is 0 Å². The number of hydrogen-bond acceptors (Lipinski definition) is 29. The number of ether oxygens (including phenoxy) is 4. The molecule has 6 aromatic rings. The van der Waals surface area contributed by atoms with Crippen molar-refractivity contribution in [3.63, 3.8) is 0 Å². The highest BCUT2D eigenvalue weighted by atomic mass is 31.3. The van der Waals surface area contributed by atoms with Gasteiger partial charge in [0, 0.05) is 0 Å². The summed E-state index contributed by atoms with van der Waals surface area (Å²) in [6.07, 6.45) is -13.8. The third-order valence-electron chi connectivity index (χ3n) is 12.0. The molecule has 10 heterocycles. The van der Waals surface area contributed by atoms with Crippen molar-refractivity contribution >= 4 is 82.5 Å². The number of imidazole rings is 3. The maximum Gasteiger partial charge on any atom is 0.490 e. The number of hydrogen-bond donors (Lipinski definition) is 13. The number of phosphoric acid groups is 4. The lowest BCUT2D eigenvalue weighted by atomic mass is 10.0. The first-order chi connectivity index (χ1) is 35.2. The lowest BCUT2D eigenvalue weighted by Crippen LogP contribution is -2.46. The van der Waals surface area contributed by atoms with Crippen LogP contribution >= 0.6 is 31.3 Å². The van der Waals surface area contributed by atoms with Crippen molar-refractivity contribution in [3.8, 4) is 0 Å². The highest BCUT2D eigenvalue weighted by molar-refractivity contribution is 7.66. The number of nitrogens with zero attached hydrogens (tertiary/aromatic N) is 10. The lowest BCUT2D eigenvalue weighted by Gasteiger charge is -2.32. The zero-order valence-electron chi connectivity index (χ0n) is 37.6. The molecule has 0 aromatic carbocycles. The molecular weight excluding hydrogens is 1100 g/mol. The highest BCUT2D eigenvalue weighted by Crippen LogP contribution is 2.68. The van der Waals surface area contributed by atoms with Crippen molar-refractivity contribution in [1.29, 1.82) is 0 Å². The molecule has 0 saturated carbocycles. The number of nitrogens with two attached hydrogens (primary N) is 3. The Balaban J connectivity index is 0.809. The molecule has 2 bridgehead atoms. The van der Waals surface area contributed by atoms with Crippen molar-refractivity contribution in [2.75, 3.05) is 43.6 Å². The SMILES string of the molecule is Cn1c[n+]([C@@H]2O[C@H](COP(=O)(O)OP(=O)(O)OP(=O)(O)OC[C@@]34CO[C@@H]([C@H](n5cnc6c(N)ncnc65)O3)[C@@H]4OP(=O)(O)OC[C@H]3O[C@@H](n4cnc5c(=O)[nH]c(N)nc54)[C@H](O)[C@@H]3O)[C@@H](O)[C@H]2O)c2nc(N)[nH]c(=O)c21. The van der Waals surface area contributed by atoms with Gasteiger partial charge in [0.2, 0.25) is 17.7 Å². The second kappa shape index (κ2) is 19.1. The number of fused-ring (bicyclic) bond motifs is 5. The van der Waals surface area contributed by atoms with Crippen LogP contribution in [0.3, 0.4) is 0 Å². The zero-order chi connectivity index (χ0) is 53.9. The quantitative estimate of drug-likeness (QED) is 0.0283. The standard InChI is InChI=1S/C32H41N15O24P4/c1-44-9-47(24-14(44)26(53)43-31(35)41-24)28-18(51)16(49)11(67-28)3-64-73(56,57)70-75(60,61)71-74(58,59)65-5-32-4-62-19(29(68-32)45-7-38-12-21(33)36-6-37-22(12)45)20(32)69-72(54,55)63-2-10-15(48)17(50)27(66-10)46-8-39-13-23(46)40-30(34)42-25(13)52/h6-11,15-20,27-29,48-51H,2-5H2,1H3,(H11-,33,34,35,36,37,40,41,42,43,52,53,54,55,56,57,58,59,60,61)/p+1/t10-,11-,15-,16-,17-,18-,19-,20+,27-,28-,29-,32-/m1/s1. The minimum atomic E-state index is -6.21. The molecule has 0 aliphatic carbocycles. The van der Waals surface area contributed by atoms with Crippen LogP contribution < -0.4 is 32.9 Å². The van der Waals surface area contributed by atoms with Gasteiger partial charge in [-0.2, -0.15) is 13.6 Å². The summed E-state index contributed by atoms with van der Waals surface area (Å²) in [4.78, 5) is 95.9. The summed E-state index contributed by atoms with van der Waals surface area (Å²) in [6, 6.07) is 0. The van der Waals surface area contributed by atoms with Crippen molar-refractivity contribution in [2.45, 2.75) is 73.1 Å². The molecule has 16 N–H and O–H groups in total. The summed E-state index contributed by atoms with van der Waals surface area (Å²) < 4.78 is 110. The van der Waals surface area contributed by atoms with Gasteiger partial charge in [-0.15, -0.1) is 0 Å². The first-order valence-electron chi connectivity index (χ1n) is 21.3. The summed E-state index contributed by atoms with van der Waals surface area (Å²) >= 11 is 0. The Morgan fingerprint density at radius 2 is 1.36 bits per heavy atom. The number of aryl methyl sites for hydroxylation is 1. The molecule has 39 nitrogen and oxygen atoms in total. The van der Waals surface area contributed by atoms with Crippen LogP contribution in [0.25, 0.3) is 33.5 Å². The Morgan fingerprint density at radius 1 is 0.747 bits per heavy atom. The molecule has 16 atom stereocenters. The van der Waals surface area contributed by atoms with Gasteiger partial charge in [-0.3, -0.25) is 51.4 Å². The minimum Gasteiger partial charge on any atom is -0.387 e. The molecule has 4 aliphatic rings. The zero-order valence-corrected chi connectivity index (χ0v) is 41.2. The van der Waals surface area contributed by atoms with Crippen LogP contribution in [0.2, 0.25) is 0 Å². The maximum absolute atomic E-state index is 13.7. The average molecular weight is 1140 g/mol. The number of nitrogen functional groups attached to an aromatic ring is 3. The molecule has 6 aromatic heterocycles. The van der Waals surface area contributed by atoms with Crippen LogP contribution in [0.15, 0.2) is 34.9 Å². The van der Waals surface area contributed by atoms with E-state index in [4.69, 9.17) is 54.2 Å². The van der Waals surface area contributed by atoms with Gasteiger partial charge in [-0.1, -0.05) is 4.98 Å². The van der Waals surface area contributed by atoms with Gasteiger partial charge in [-0.25, -0.2) is 42.8 Å². The Morgan fingerprint density at radius 3 is 2.08 bits per heavy atom. The summed E-state index contributed by atoms with van der Waals surface area (Å²) in [6.45, 7) is -4.08. The van der Waals surface area contributed by atoms with E-state index in [1.807, 2.05) is 0 Å². The van der Waals surface area contributed by atoms with Gasteiger partial charge in [0.25, 0.3) is 17.1 Å². The number of rotatable bonds is 18.